The zero-order chi connectivity index (χ0) is 11.9. The maximum absolute atomic E-state index is 11.7. The second-order valence-corrected chi connectivity index (χ2v) is 3.98. The number of aromatic amines is 2. The first-order valence-electron chi connectivity index (χ1n) is 4.98. The molecule has 0 aromatic carbocycles. The second-order valence-electron chi connectivity index (χ2n) is 3.60. The third-order valence-electron chi connectivity index (χ3n) is 2.49. The minimum atomic E-state index is -0.447. The largest absolute Gasteiger partial charge is 0.329 e. The molecule has 2 aromatic heterocycles. The molecule has 86 valence electrons. The molecule has 0 aliphatic rings. The van der Waals surface area contributed by atoms with Crippen molar-refractivity contribution in [3.8, 4) is 0 Å². The van der Waals surface area contributed by atoms with E-state index in [9.17, 15) is 9.59 Å². The maximum atomic E-state index is 11.7. The first-order valence-corrected chi connectivity index (χ1v) is 5.39. The molecule has 0 saturated heterocycles. The summed E-state index contributed by atoms with van der Waals surface area (Å²) in [5.41, 5.74) is 0.0393. The van der Waals surface area contributed by atoms with Gasteiger partial charge in [0.1, 0.15) is 5.65 Å². The summed E-state index contributed by atoms with van der Waals surface area (Å²) in [5.74, 6) is 0. The van der Waals surface area contributed by atoms with E-state index < -0.39 is 11.2 Å². The van der Waals surface area contributed by atoms with Gasteiger partial charge in [0.05, 0.1) is 0 Å². The lowest BCUT2D eigenvalue weighted by Gasteiger charge is -2.01. The van der Waals surface area contributed by atoms with Crippen molar-refractivity contribution in [3.05, 3.63) is 25.6 Å². The summed E-state index contributed by atoms with van der Waals surface area (Å²) in [6.45, 7) is 2.65. The number of fused-ring (bicyclic) bond motifs is 1. The van der Waals surface area contributed by atoms with Crippen LogP contribution in [0.25, 0.3) is 11.2 Å². The standard InChI is InChI=1S/C9H12N4O2S/c1-3-4-13-5-6(10-9(13)16)12(2)8(15)11-7(5)14/h3-4H2,1-2H3,(H,10,16)(H,11,14,15). The van der Waals surface area contributed by atoms with Gasteiger partial charge in [-0.2, -0.15) is 0 Å². The Bertz CT molecular complexity index is 703. The summed E-state index contributed by atoms with van der Waals surface area (Å²) in [5, 5.41) is 0. The predicted octanol–water partition coefficient (Wildman–Crippen LogP) is 0.496. The molecule has 0 radical (unpaired) electrons. The van der Waals surface area contributed by atoms with Crippen molar-refractivity contribution in [3.63, 3.8) is 0 Å². The van der Waals surface area contributed by atoms with Crippen LogP contribution in [-0.4, -0.2) is 19.1 Å². The highest BCUT2D eigenvalue weighted by Gasteiger charge is 2.11. The Morgan fingerprint density at radius 3 is 2.62 bits per heavy atom. The van der Waals surface area contributed by atoms with Crippen LogP contribution in [-0.2, 0) is 13.6 Å². The van der Waals surface area contributed by atoms with Crippen molar-refractivity contribution in [2.45, 2.75) is 19.9 Å². The van der Waals surface area contributed by atoms with E-state index in [1.165, 1.54) is 4.57 Å². The Hall–Kier alpha value is -1.63. The quantitative estimate of drug-likeness (QED) is 0.750. The number of hydrogen-bond acceptors (Lipinski definition) is 3. The SMILES string of the molecule is CCCn1c(=S)[nH]c2c1c(=O)[nH]c(=O)n2C. The number of aryl methyl sites for hydroxylation is 2. The Balaban J connectivity index is 3.01. The van der Waals surface area contributed by atoms with Gasteiger partial charge in [-0.1, -0.05) is 6.92 Å². The van der Waals surface area contributed by atoms with E-state index in [1.807, 2.05) is 6.92 Å². The average Bonchev–Trinajstić information content (AvgIpc) is 2.54. The Kier molecular flexibility index (Phi) is 2.55. The van der Waals surface area contributed by atoms with Gasteiger partial charge >= 0.3 is 5.69 Å². The highest BCUT2D eigenvalue weighted by Crippen LogP contribution is 2.07. The van der Waals surface area contributed by atoms with Crippen molar-refractivity contribution in [1.29, 1.82) is 0 Å². The smallest absolute Gasteiger partial charge is 0.316 e. The molecule has 0 bridgehead atoms. The van der Waals surface area contributed by atoms with Crippen LogP contribution < -0.4 is 11.2 Å². The van der Waals surface area contributed by atoms with Gasteiger partial charge < -0.3 is 9.55 Å². The molecule has 2 rings (SSSR count). The fraction of sp³-hybridized carbons (Fsp3) is 0.444. The maximum Gasteiger partial charge on any atom is 0.329 e. The van der Waals surface area contributed by atoms with E-state index in [0.717, 1.165) is 6.42 Å². The Labute approximate surface area is 95.5 Å². The lowest BCUT2D eigenvalue weighted by molar-refractivity contribution is 0.685. The molecule has 0 aliphatic heterocycles. The monoisotopic (exact) mass is 240 g/mol. The molecule has 2 heterocycles. The van der Waals surface area contributed by atoms with Crippen LogP contribution in [0.4, 0.5) is 0 Å². The van der Waals surface area contributed by atoms with Crippen LogP contribution in [0.5, 0.6) is 0 Å². The van der Waals surface area contributed by atoms with Crippen LogP contribution in [0.1, 0.15) is 13.3 Å². The van der Waals surface area contributed by atoms with Crippen molar-refractivity contribution in [1.82, 2.24) is 19.1 Å². The van der Waals surface area contributed by atoms with Crippen LogP contribution in [0.15, 0.2) is 9.59 Å². The van der Waals surface area contributed by atoms with E-state index in [1.54, 1.807) is 11.6 Å². The molecule has 16 heavy (non-hydrogen) atoms. The van der Waals surface area contributed by atoms with E-state index in [4.69, 9.17) is 12.2 Å². The molecular formula is C9H12N4O2S. The van der Waals surface area contributed by atoms with E-state index in [-0.39, 0.29) is 0 Å². The van der Waals surface area contributed by atoms with E-state index in [0.29, 0.717) is 22.5 Å². The molecule has 6 nitrogen and oxygen atoms in total. The van der Waals surface area contributed by atoms with Gasteiger partial charge in [-0.05, 0) is 18.6 Å². The average molecular weight is 240 g/mol. The van der Waals surface area contributed by atoms with Crippen LogP contribution in [0.2, 0.25) is 0 Å². The summed E-state index contributed by atoms with van der Waals surface area (Å²) >= 11 is 5.12. The van der Waals surface area contributed by atoms with Gasteiger partial charge in [0.15, 0.2) is 10.3 Å². The molecular weight excluding hydrogens is 228 g/mol. The third kappa shape index (κ3) is 1.44. The van der Waals surface area contributed by atoms with Crippen LogP contribution >= 0.6 is 12.2 Å². The topological polar surface area (TPSA) is 75.6 Å². The molecule has 0 atom stereocenters. The highest BCUT2D eigenvalue weighted by atomic mass is 32.1. The fourth-order valence-corrected chi connectivity index (χ4v) is 1.99. The lowest BCUT2D eigenvalue weighted by atomic mass is 10.4. The Morgan fingerprint density at radius 1 is 1.31 bits per heavy atom. The summed E-state index contributed by atoms with van der Waals surface area (Å²) in [6, 6.07) is 0. The van der Waals surface area contributed by atoms with E-state index >= 15 is 0 Å². The molecule has 0 aliphatic carbocycles. The molecule has 2 N–H and O–H groups in total. The minimum Gasteiger partial charge on any atom is -0.316 e. The summed E-state index contributed by atoms with van der Waals surface area (Å²) in [4.78, 5) is 28.2. The molecule has 2 aromatic rings. The van der Waals surface area contributed by atoms with Crippen molar-refractivity contribution < 1.29 is 0 Å². The van der Waals surface area contributed by atoms with E-state index in [2.05, 4.69) is 9.97 Å². The van der Waals surface area contributed by atoms with Gasteiger partial charge in [0.25, 0.3) is 5.56 Å². The van der Waals surface area contributed by atoms with Gasteiger partial charge in [-0.15, -0.1) is 0 Å². The molecule has 0 spiro atoms. The molecule has 0 saturated carbocycles. The van der Waals surface area contributed by atoms with Gasteiger partial charge in [0.2, 0.25) is 0 Å². The first kappa shape index (κ1) is 10.9. The number of nitrogens with one attached hydrogen (secondary N) is 2. The molecule has 7 heteroatoms. The second kappa shape index (κ2) is 3.75. The number of aromatic nitrogens is 4. The first-order chi connectivity index (χ1) is 7.56. The summed E-state index contributed by atoms with van der Waals surface area (Å²) in [6.07, 6.45) is 0.865. The lowest BCUT2D eigenvalue weighted by Crippen LogP contribution is -2.29. The molecule has 0 unspecified atom stereocenters. The van der Waals surface area contributed by atoms with Crippen molar-refractivity contribution >= 4 is 23.4 Å². The van der Waals surface area contributed by atoms with Gasteiger partial charge in [-0.25, -0.2) is 4.79 Å². The van der Waals surface area contributed by atoms with Crippen LogP contribution in [0.3, 0.4) is 0 Å². The van der Waals surface area contributed by atoms with Gasteiger partial charge in [0, 0.05) is 13.6 Å². The highest BCUT2D eigenvalue weighted by molar-refractivity contribution is 7.71. The minimum absolute atomic E-state index is 0.404. The fourth-order valence-electron chi connectivity index (χ4n) is 1.71. The Morgan fingerprint density at radius 2 is 2.00 bits per heavy atom. The number of H-pyrrole nitrogens is 2. The van der Waals surface area contributed by atoms with Gasteiger partial charge in [-0.3, -0.25) is 14.3 Å². The molecule has 0 amide bonds. The number of nitrogens with zero attached hydrogens (tertiary/aromatic N) is 2. The molecule has 0 fully saturated rings. The third-order valence-corrected chi connectivity index (χ3v) is 2.81. The summed E-state index contributed by atoms with van der Waals surface area (Å²) in [7, 11) is 1.59. The number of hydrogen-bond donors (Lipinski definition) is 2. The van der Waals surface area contributed by atoms with Crippen molar-refractivity contribution in [2.24, 2.45) is 7.05 Å². The summed E-state index contributed by atoms with van der Waals surface area (Å²) < 4.78 is 3.52. The zero-order valence-corrected chi connectivity index (χ0v) is 9.85. The van der Waals surface area contributed by atoms with Crippen molar-refractivity contribution in [2.75, 3.05) is 0 Å². The zero-order valence-electron chi connectivity index (χ0n) is 9.03. The number of imidazole rings is 1. The van der Waals surface area contributed by atoms with Crippen LogP contribution in [0, 0.1) is 4.77 Å². The number of rotatable bonds is 2. The predicted molar refractivity (Wildman–Crippen MR) is 63.3 cm³/mol. The normalized spacial score (nSPS) is 11.1.